The molecule has 2 aromatic rings. The molecule has 1 aliphatic heterocycles. The van der Waals surface area contributed by atoms with Crippen LogP contribution in [0.3, 0.4) is 0 Å². The highest BCUT2D eigenvalue weighted by atomic mass is 32.2. The molecule has 1 aromatic carbocycles. The van der Waals surface area contributed by atoms with Crippen molar-refractivity contribution in [1.29, 1.82) is 0 Å². The van der Waals surface area contributed by atoms with Crippen molar-refractivity contribution in [3.63, 3.8) is 0 Å². The Labute approximate surface area is 148 Å². The molecule has 0 aliphatic carbocycles. The lowest BCUT2D eigenvalue weighted by molar-refractivity contribution is -0.113. The number of benzene rings is 1. The first kappa shape index (κ1) is 16.9. The Balaban J connectivity index is 1.73. The van der Waals surface area contributed by atoms with Gasteiger partial charge in [-0.15, -0.1) is 22.0 Å². The van der Waals surface area contributed by atoms with E-state index in [1.165, 1.54) is 23.1 Å². The Hall–Kier alpha value is -1.93. The number of anilines is 2. The molecule has 0 fully saturated rings. The van der Waals surface area contributed by atoms with Gasteiger partial charge in [0.15, 0.2) is 0 Å². The second-order valence-electron chi connectivity index (χ2n) is 5.46. The zero-order chi connectivity index (χ0) is 17.1. The van der Waals surface area contributed by atoms with Crippen molar-refractivity contribution in [2.24, 2.45) is 0 Å². The molecule has 0 radical (unpaired) electrons. The van der Waals surface area contributed by atoms with Crippen LogP contribution >= 0.6 is 23.1 Å². The number of carbonyl (C=O) groups is 2. The topological polar surface area (TPSA) is 84.0 Å². The lowest BCUT2D eigenvalue weighted by Gasteiger charge is -2.16. The summed E-state index contributed by atoms with van der Waals surface area (Å²) in [5.74, 6) is 0.477. The van der Waals surface area contributed by atoms with E-state index in [1.807, 2.05) is 6.07 Å². The zero-order valence-corrected chi connectivity index (χ0v) is 15.1. The molecular formula is C16H18N4O2S2. The van der Waals surface area contributed by atoms with Gasteiger partial charge in [-0.25, -0.2) is 0 Å². The molecular weight excluding hydrogens is 344 g/mol. The summed E-state index contributed by atoms with van der Waals surface area (Å²) in [7, 11) is 0. The SMILES string of the molecule is CCC(CC)c1nnc(NC(=O)c2ccc3c(c2)NC(=O)CS3)s1. The third kappa shape index (κ3) is 3.59. The second kappa shape index (κ2) is 7.31. The summed E-state index contributed by atoms with van der Waals surface area (Å²) < 4.78 is 0. The first-order valence-electron chi connectivity index (χ1n) is 7.82. The summed E-state index contributed by atoms with van der Waals surface area (Å²) in [5.41, 5.74) is 1.16. The Morgan fingerprint density at radius 1 is 1.33 bits per heavy atom. The Bertz CT molecular complexity index is 771. The summed E-state index contributed by atoms with van der Waals surface area (Å²) in [6, 6.07) is 5.29. The average molecular weight is 362 g/mol. The van der Waals surface area contributed by atoms with Gasteiger partial charge in [0.1, 0.15) is 5.01 Å². The van der Waals surface area contributed by atoms with Crippen molar-refractivity contribution in [3.8, 4) is 0 Å². The second-order valence-corrected chi connectivity index (χ2v) is 7.49. The van der Waals surface area contributed by atoms with E-state index in [1.54, 1.807) is 12.1 Å². The van der Waals surface area contributed by atoms with Gasteiger partial charge in [-0.05, 0) is 31.0 Å². The molecule has 0 unspecified atom stereocenters. The van der Waals surface area contributed by atoms with Crippen LogP contribution < -0.4 is 10.6 Å². The molecule has 126 valence electrons. The molecule has 2 amide bonds. The van der Waals surface area contributed by atoms with Gasteiger partial charge in [-0.1, -0.05) is 25.2 Å². The molecule has 24 heavy (non-hydrogen) atoms. The van der Waals surface area contributed by atoms with E-state index in [9.17, 15) is 9.59 Å². The molecule has 1 aromatic heterocycles. The van der Waals surface area contributed by atoms with Crippen LogP contribution in [0.15, 0.2) is 23.1 Å². The molecule has 1 aliphatic rings. The monoisotopic (exact) mass is 362 g/mol. The van der Waals surface area contributed by atoms with E-state index in [0.717, 1.165) is 22.7 Å². The average Bonchev–Trinajstić information content (AvgIpc) is 3.03. The number of rotatable bonds is 5. The van der Waals surface area contributed by atoms with Gasteiger partial charge < -0.3 is 5.32 Å². The van der Waals surface area contributed by atoms with Crippen LogP contribution in [0.25, 0.3) is 0 Å². The lowest BCUT2D eigenvalue weighted by atomic mass is 10.1. The summed E-state index contributed by atoms with van der Waals surface area (Å²) in [4.78, 5) is 24.9. The summed E-state index contributed by atoms with van der Waals surface area (Å²) in [5, 5.41) is 15.3. The number of hydrogen-bond acceptors (Lipinski definition) is 6. The minimum Gasteiger partial charge on any atom is -0.324 e. The van der Waals surface area contributed by atoms with Gasteiger partial charge in [-0.2, -0.15) is 0 Å². The fourth-order valence-corrected chi connectivity index (χ4v) is 4.28. The molecule has 2 heterocycles. The number of amides is 2. The molecule has 0 atom stereocenters. The van der Waals surface area contributed by atoms with Crippen LogP contribution in [-0.4, -0.2) is 27.8 Å². The van der Waals surface area contributed by atoms with Crippen LogP contribution in [-0.2, 0) is 4.79 Å². The highest BCUT2D eigenvalue weighted by molar-refractivity contribution is 8.00. The van der Waals surface area contributed by atoms with Gasteiger partial charge in [-0.3, -0.25) is 14.9 Å². The maximum absolute atomic E-state index is 12.4. The highest BCUT2D eigenvalue weighted by Crippen LogP contribution is 2.32. The van der Waals surface area contributed by atoms with Crippen LogP contribution in [0.2, 0.25) is 0 Å². The molecule has 0 saturated heterocycles. The van der Waals surface area contributed by atoms with Crippen molar-refractivity contribution in [2.75, 3.05) is 16.4 Å². The molecule has 0 saturated carbocycles. The van der Waals surface area contributed by atoms with Gasteiger partial charge in [0.25, 0.3) is 5.91 Å². The molecule has 3 rings (SSSR count). The predicted molar refractivity (Wildman–Crippen MR) is 97.0 cm³/mol. The first-order valence-corrected chi connectivity index (χ1v) is 9.62. The largest absolute Gasteiger partial charge is 0.324 e. The number of nitrogens with one attached hydrogen (secondary N) is 2. The summed E-state index contributed by atoms with van der Waals surface area (Å²) in [6.45, 7) is 4.24. The fourth-order valence-electron chi connectivity index (χ4n) is 2.48. The number of carbonyl (C=O) groups excluding carboxylic acids is 2. The number of nitrogens with zero attached hydrogens (tertiary/aromatic N) is 2. The van der Waals surface area contributed by atoms with Crippen LogP contribution in [0.1, 0.15) is 48.0 Å². The van der Waals surface area contributed by atoms with Crippen LogP contribution in [0.4, 0.5) is 10.8 Å². The third-order valence-electron chi connectivity index (χ3n) is 3.87. The zero-order valence-electron chi connectivity index (χ0n) is 13.5. The molecule has 2 N–H and O–H groups in total. The quantitative estimate of drug-likeness (QED) is 0.846. The Kier molecular flexibility index (Phi) is 5.15. The number of thioether (sulfide) groups is 1. The van der Waals surface area contributed by atoms with Crippen LogP contribution in [0, 0.1) is 0 Å². The maximum atomic E-state index is 12.4. The van der Waals surface area contributed by atoms with Crippen LogP contribution in [0.5, 0.6) is 0 Å². The number of fused-ring (bicyclic) bond motifs is 1. The highest BCUT2D eigenvalue weighted by Gasteiger charge is 2.19. The standard InChI is InChI=1S/C16H18N4O2S2/c1-3-9(4-2)15-19-20-16(24-15)18-14(22)10-5-6-12-11(7-10)17-13(21)8-23-12/h5-7,9H,3-4,8H2,1-2H3,(H,17,21)(H,18,20,22). The van der Waals surface area contributed by atoms with E-state index >= 15 is 0 Å². The van der Waals surface area contributed by atoms with Crippen molar-refractivity contribution < 1.29 is 9.59 Å². The maximum Gasteiger partial charge on any atom is 0.257 e. The van der Waals surface area contributed by atoms with Gasteiger partial charge >= 0.3 is 0 Å². The fraction of sp³-hybridized carbons (Fsp3) is 0.375. The van der Waals surface area contributed by atoms with E-state index in [4.69, 9.17) is 0 Å². The Morgan fingerprint density at radius 2 is 2.12 bits per heavy atom. The summed E-state index contributed by atoms with van der Waals surface area (Å²) >= 11 is 2.88. The molecule has 0 spiro atoms. The van der Waals surface area contributed by atoms with E-state index in [-0.39, 0.29) is 11.8 Å². The van der Waals surface area contributed by atoms with E-state index < -0.39 is 0 Å². The van der Waals surface area contributed by atoms with E-state index in [0.29, 0.717) is 28.1 Å². The van der Waals surface area contributed by atoms with Crippen molar-refractivity contribution in [1.82, 2.24) is 10.2 Å². The van der Waals surface area contributed by atoms with Gasteiger partial charge in [0, 0.05) is 16.4 Å². The van der Waals surface area contributed by atoms with Gasteiger partial charge in [0.2, 0.25) is 11.0 Å². The molecule has 6 nitrogen and oxygen atoms in total. The lowest BCUT2D eigenvalue weighted by Crippen LogP contribution is -2.19. The molecule has 8 heteroatoms. The minimum absolute atomic E-state index is 0.0519. The first-order chi connectivity index (χ1) is 11.6. The normalized spacial score (nSPS) is 13.5. The van der Waals surface area contributed by atoms with Crippen molar-refractivity contribution >= 4 is 45.7 Å². The smallest absolute Gasteiger partial charge is 0.257 e. The predicted octanol–water partition coefficient (Wildman–Crippen LogP) is 3.74. The van der Waals surface area contributed by atoms with Gasteiger partial charge in [0.05, 0.1) is 11.4 Å². The van der Waals surface area contributed by atoms with E-state index in [2.05, 4.69) is 34.7 Å². The molecule has 0 bridgehead atoms. The number of hydrogen-bond donors (Lipinski definition) is 2. The van der Waals surface area contributed by atoms with Crippen molar-refractivity contribution in [3.05, 3.63) is 28.8 Å². The number of aromatic nitrogens is 2. The Morgan fingerprint density at radius 3 is 2.88 bits per heavy atom. The van der Waals surface area contributed by atoms with Crippen molar-refractivity contribution in [2.45, 2.75) is 37.5 Å². The summed E-state index contributed by atoms with van der Waals surface area (Å²) in [6.07, 6.45) is 2.00. The third-order valence-corrected chi connectivity index (χ3v) is 5.95. The minimum atomic E-state index is -0.255.